The van der Waals surface area contributed by atoms with Gasteiger partial charge in [-0.05, 0) is 37.6 Å². The molecule has 2 aromatic heterocycles. The molecule has 0 saturated carbocycles. The van der Waals surface area contributed by atoms with Crippen molar-refractivity contribution in [2.24, 2.45) is 0 Å². The highest BCUT2D eigenvalue weighted by Crippen LogP contribution is 2.30. The molecule has 3 aromatic rings. The van der Waals surface area contributed by atoms with Crippen LogP contribution in [-0.4, -0.2) is 34.6 Å². The van der Waals surface area contributed by atoms with E-state index in [2.05, 4.69) is 15.5 Å². The Morgan fingerprint density at radius 1 is 1.27 bits per heavy atom. The van der Waals surface area contributed by atoms with Gasteiger partial charge in [0.1, 0.15) is 0 Å². The van der Waals surface area contributed by atoms with Gasteiger partial charge in [0.05, 0.1) is 33.2 Å². The van der Waals surface area contributed by atoms with E-state index < -0.39 is 0 Å². The quantitative estimate of drug-likeness (QED) is 0.635. The minimum atomic E-state index is -0.243. The number of rotatable bonds is 6. The number of para-hydroxylation sites is 1. The summed E-state index contributed by atoms with van der Waals surface area (Å²) in [5.74, 6) is 0.675. The van der Waals surface area contributed by atoms with Crippen LogP contribution in [0.4, 0.5) is 5.69 Å². The van der Waals surface area contributed by atoms with Gasteiger partial charge in [-0.2, -0.15) is 0 Å². The summed E-state index contributed by atoms with van der Waals surface area (Å²) in [6.07, 6.45) is 0. The van der Waals surface area contributed by atoms with Gasteiger partial charge in [-0.1, -0.05) is 35.3 Å². The first kappa shape index (κ1) is 18.8. The van der Waals surface area contributed by atoms with Crippen LogP contribution in [0.3, 0.4) is 0 Å². The molecular weight excluding hydrogens is 395 g/mol. The van der Waals surface area contributed by atoms with Crippen molar-refractivity contribution >= 4 is 46.1 Å². The summed E-state index contributed by atoms with van der Waals surface area (Å²) < 4.78 is 5.72. The third kappa shape index (κ3) is 4.24. The Labute approximate surface area is 164 Å². The van der Waals surface area contributed by atoms with Gasteiger partial charge in [0.2, 0.25) is 11.8 Å². The van der Waals surface area contributed by atoms with Crippen LogP contribution in [0, 0.1) is 0 Å². The zero-order valence-corrected chi connectivity index (χ0v) is 16.4. The van der Waals surface area contributed by atoms with E-state index in [9.17, 15) is 4.79 Å². The minimum Gasteiger partial charge on any atom is -0.418 e. The Bertz CT molecular complexity index is 878. The van der Waals surface area contributed by atoms with E-state index in [0.29, 0.717) is 27.5 Å². The molecule has 0 aliphatic rings. The summed E-state index contributed by atoms with van der Waals surface area (Å²) in [6.45, 7) is 2.00. The Morgan fingerprint density at radius 2 is 2.00 bits per heavy atom. The second-order valence-electron chi connectivity index (χ2n) is 5.66. The Kier molecular flexibility index (Phi) is 5.93. The van der Waals surface area contributed by atoms with Crippen LogP contribution in [0.5, 0.6) is 0 Å². The number of benzene rings is 1. The van der Waals surface area contributed by atoms with Crippen LogP contribution in [0.25, 0.3) is 10.8 Å². The van der Waals surface area contributed by atoms with Gasteiger partial charge in [-0.25, -0.2) is 0 Å². The molecule has 3 rings (SSSR count). The van der Waals surface area contributed by atoms with E-state index in [0.717, 1.165) is 4.88 Å². The maximum atomic E-state index is 12.3. The van der Waals surface area contributed by atoms with Crippen molar-refractivity contribution in [1.82, 2.24) is 15.1 Å². The molecule has 0 bridgehead atoms. The molecule has 0 saturated heterocycles. The minimum absolute atomic E-state index is 0.111. The Morgan fingerprint density at radius 3 is 2.65 bits per heavy atom. The van der Waals surface area contributed by atoms with E-state index in [1.54, 1.807) is 30.1 Å². The van der Waals surface area contributed by atoms with Crippen molar-refractivity contribution in [1.29, 1.82) is 0 Å². The second kappa shape index (κ2) is 8.18. The Balaban J connectivity index is 1.64. The number of aromatic nitrogens is 2. The third-order valence-electron chi connectivity index (χ3n) is 3.81. The van der Waals surface area contributed by atoms with Gasteiger partial charge in [-0.3, -0.25) is 9.69 Å². The molecular formula is C17H16Cl2N4O2S. The highest BCUT2D eigenvalue weighted by molar-refractivity contribution is 7.13. The predicted molar refractivity (Wildman–Crippen MR) is 104 cm³/mol. The normalized spacial score (nSPS) is 12.3. The summed E-state index contributed by atoms with van der Waals surface area (Å²) in [6, 6.07) is 8.65. The molecule has 2 heterocycles. The molecule has 1 amide bonds. The molecule has 0 aliphatic carbocycles. The van der Waals surface area contributed by atoms with E-state index in [1.807, 2.05) is 24.4 Å². The molecule has 6 nitrogen and oxygen atoms in total. The molecule has 0 spiro atoms. The fraction of sp³-hybridized carbons (Fsp3) is 0.235. The molecule has 136 valence electrons. The highest BCUT2D eigenvalue weighted by Gasteiger charge is 2.22. The van der Waals surface area contributed by atoms with Gasteiger partial charge in [0.25, 0.3) is 5.89 Å². The molecule has 1 aromatic carbocycles. The summed E-state index contributed by atoms with van der Waals surface area (Å²) in [5.41, 5.74) is 0.402. The summed E-state index contributed by atoms with van der Waals surface area (Å²) in [4.78, 5) is 15.0. The molecule has 0 radical (unpaired) electrons. The zero-order chi connectivity index (χ0) is 18.7. The fourth-order valence-electron chi connectivity index (χ4n) is 2.25. The maximum absolute atomic E-state index is 12.3. The van der Waals surface area contributed by atoms with E-state index in [1.165, 1.54) is 11.3 Å². The summed E-state index contributed by atoms with van der Waals surface area (Å²) in [7, 11) is 1.80. The average Bonchev–Trinajstić information content (AvgIpc) is 3.28. The first-order valence-electron chi connectivity index (χ1n) is 7.77. The predicted octanol–water partition coefficient (Wildman–Crippen LogP) is 4.74. The first-order chi connectivity index (χ1) is 12.5. The van der Waals surface area contributed by atoms with E-state index >= 15 is 0 Å². The molecule has 0 fully saturated rings. The number of hydrogen-bond acceptors (Lipinski definition) is 6. The second-order valence-corrected chi connectivity index (χ2v) is 7.42. The van der Waals surface area contributed by atoms with Crippen molar-refractivity contribution in [2.45, 2.75) is 13.0 Å². The number of nitrogens with zero attached hydrogens (tertiary/aromatic N) is 3. The van der Waals surface area contributed by atoms with Crippen molar-refractivity contribution in [3.63, 3.8) is 0 Å². The zero-order valence-electron chi connectivity index (χ0n) is 14.1. The van der Waals surface area contributed by atoms with Crippen molar-refractivity contribution in [2.75, 3.05) is 18.9 Å². The number of carbonyl (C=O) groups excluding carboxylic acids is 1. The molecule has 26 heavy (non-hydrogen) atoms. The topological polar surface area (TPSA) is 71.3 Å². The maximum Gasteiger partial charge on any atom is 0.257 e. The van der Waals surface area contributed by atoms with Crippen molar-refractivity contribution in [3.05, 3.63) is 51.6 Å². The van der Waals surface area contributed by atoms with E-state index in [4.69, 9.17) is 27.6 Å². The van der Waals surface area contributed by atoms with E-state index in [-0.39, 0.29) is 18.5 Å². The number of nitrogens with one attached hydrogen (secondary N) is 1. The standard InChI is InChI=1S/C17H16Cl2N4O2S/c1-10(16-21-22-17(25-16)13-7-4-8-26-13)23(2)9-14(24)20-15-11(18)5-3-6-12(15)19/h3-8,10H,9H2,1-2H3,(H,20,24)/t10-/m1/s1. The Hall–Kier alpha value is -1.93. The van der Waals surface area contributed by atoms with Crippen molar-refractivity contribution < 1.29 is 9.21 Å². The van der Waals surface area contributed by atoms with Crippen LogP contribution in [-0.2, 0) is 4.79 Å². The molecule has 0 aliphatic heterocycles. The number of amides is 1. The number of halogens is 2. The van der Waals surface area contributed by atoms with Crippen LogP contribution in [0.15, 0.2) is 40.1 Å². The van der Waals surface area contributed by atoms with Gasteiger partial charge >= 0.3 is 0 Å². The number of likely N-dealkylation sites (N-methyl/N-ethyl adjacent to an activating group) is 1. The van der Waals surface area contributed by atoms with Gasteiger partial charge in [0, 0.05) is 0 Å². The van der Waals surface area contributed by atoms with Crippen LogP contribution >= 0.6 is 34.5 Å². The van der Waals surface area contributed by atoms with Crippen molar-refractivity contribution in [3.8, 4) is 10.8 Å². The lowest BCUT2D eigenvalue weighted by Gasteiger charge is -2.21. The van der Waals surface area contributed by atoms with Crippen LogP contribution in [0.1, 0.15) is 18.9 Å². The van der Waals surface area contributed by atoms with Crippen LogP contribution in [0.2, 0.25) is 10.0 Å². The SMILES string of the molecule is C[C@H](c1nnc(-c2cccs2)o1)N(C)CC(=O)Nc1c(Cl)cccc1Cl. The lowest BCUT2D eigenvalue weighted by Crippen LogP contribution is -2.32. The fourth-order valence-corrected chi connectivity index (χ4v) is 3.39. The van der Waals surface area contributed by atoms with Gasteiger partial charge in [0.15, 0.2) is 0 Å². The third-order valence-corrected chi connectivity index (χ3v) is 5.30. The molecule has 1 N–H and O–H groups in total. The lowest BCUT2D eigenvalue weighted by molar-refractivity contribution is -0.117. The number of thiophene rings is 1. The number of anilines is 1. The highest BCUT2D eigenvalue weighted by atomic mass is 35.5. The monoisotopic (exact) mass is 410 g/mol. The van der Waals surface area contributed by atoms with Crippen LogP contribution < -0.4 is 5.32 Å². The average molecular weight is 411 g/mol. The van der Waals surface area contributed by atoms with Gasteiger partial charge < -0.3 is 9.73 Å². The summed E-state index contributed by atoms with van der Waals surface area (Å²) >= 11 is 13.7. The largest absolute Gasteiger partial charge is 0.418 e. The lowest BCUT2D eigenvalue weighted by atomic mass is 10.3. The molecule has 0 unspecified atom stereocenters. The molecule has 9 heteroatoms. The number of hydrogen-bond donors (Lipinski definition) is 1. The summed E-state index contributed by atoms with van der Waals surface area (Å²) in [5, 5.41) is 13.6. The molecule has 1 atom stereocenters. The smallest absolute Gasteiger partial charge is 0.257 e. The van der Waals surface area contributed by atoms with Gasteiger partial charge in [-0.15, -0.1) is 21.5 Å². The first-order valence-corrected chi connectivity index (χ1v) is 9.40. The number of carbonyl (C=O) groups is 1.